The molecular weight excluding hydrogens is 209 g/mol. The molecule has 0 fully saturated rings. The van der Waals surface area contributed by atoms with Crippen molar-refractivity contribution in [2.75, 3.05) is 0 Å². The Morgan fingerprint density at radius 1 is 1.38 bits per heavy atom. The Hall–Kier alpha value is -1.42. The van der Waals surface area contributed by atoms with Gasteiger partial charge in [0.1, 0.15) is 18.5 Å². The maximum Gasteiger partial charge on any atom is 0.323 e. The van der Waals surface area contributed by atoms with Gasteiger partial charge in [-0.05, 0) is 23.6 Å². The summed E-state index contributed by atoms with van der Waals surface area (Å²) in [6, 6.07) is 5.19. The molecule has 88 valence electrons. The Bertz CT molecular complexity index is 349. The van der Waals surface area contributed by atoms with Crippen LogP contribution >= 0.6 is 0 Å². The van der Waals surface area contributed by atoms with Crippen molar-refractivity contribution in [3.05, 3.63) is 35.6 Å². The summed E-state index contributed by atoms with van der Waals surface area (Å²) in [5.74, 6) is -0.700. The summed E-state index contributed by atoms with van der Waals surface area (Å²) in [5, 5.41) is 0. The molecule has 1 aromatic carbocycles. The van der Waals surface area contributed by atoms with Gasteiger partial charge in [-0.2, -0.15) is 0 Å². The van der Waals surface area contributed by atoms with Crippen molar-refractivity contribution in [1.29, 1.82) is 0 Å². The molecule has 0 bridgehead atoms. The second-order valence-electron chi connectivity index (χ2n) is 4.00. The zero-order valence-corrected chi connectivity index (χ0v) is 9.44. The molecule has 3 nitrogen and oxygen atoms in total. The minimum atomic E-state index is -0.611. The van der Waals surface area contributed by atoms with Gasteiger partial charge in [0.15, 0.2) is 0 Å². The molecule has 1 unspecified atom stereocenters. The predicted octanol–water partition coefficient (Wildman–Crippen LogP) is 1.85. The molecule has 0 aliphatic carbocycles. The molecule has 16 heavy (non-hydrogen) atoms. The van der Waals surface area contributed by atoms with E-state index in [0.717, 1.165) is 5.56 Å². The lowest BCUT2D eigenvalue weighted by Gasteiger charge is -2.14. The summed E-state index contributed by atoms with van der Waals surface area (Å²) in [4.78, 5) is 11.4. The van der Waals surface area contributed by atoms with Crippen LogP contribution in [-0.4, -0.2) is 12.0 Å². The van der Waals surface area contributed by atoms with Crippen LogP contribution in [0.15, 0.2) is 24.3 Å². The predicted molar refractivity (Wildman–Crippen MR) is 59.0 cm³/mol. The van der Waals surface area contributed by atoms with Crippen molar-refractivity contribution < 1.29 is 13.9 Å². The van der Waals surface area contributed by atoms with Gasteiger partial charge in [0.05, 0.1) is 0 Å². The maximum atomic E-state index is 12.6. The maximum absolute atomic E-state index is 12.6. The number of ether oxygens (including phenoxy) is 1. The zero-order chi connectivity index (χ0) is 12.1. The quantitative estimate of drug-likeness (QED) is 0.796. The molecule has 0 spiro atoms. The van der Waals surface area contributed by atoms with E-state index in [1.807, 2.05) is 13.8 Å². The average Bonchev–Trinajstić information content (AvgIpc) is 2.26. The monoisotopic (exact) mass is 225 g/mol. The van der Waals surface area contributed by atoms with E-state index in [0.29, 0.717) is 0 Å². The summed E-state index contributed by atoms with van der Waals surface area (Å²) in [6.45, 7) is 3.83. The molecule has 0 aliphatic rings. The third kappa shape index (κ3) is 3.62. The van der Waals surface area contributed by atoms with Gasteiger partial charge in [0, 0.05) is 0 Å². The Morgan fingerprint density at radius 3 is 2.44 bits per heavy atom. The minimum Gasteiger partial charge on any atom is -0.460 e. The molecule has 0 aliphatic heterocycles. The van der Waals surface area contributed by atoms with Gasteiger partial charge in [0.2, 0.25) is 0 Å². The highest BCUT2D eigenvalue weighted by atomic mass is 19.1. The molecule has 1 atom stereocenters. The van der Waals surface area contributed by atoms with Crippen LogP contribution < -0.4 is 5.73 Å². The zero-order valence-electron chi connectivity index (χ0n) is 9.44. The molecule has 0 amide bonds. The fourth-order valence-corrected chi connectivity index (χ4v) is 1.10. The van der Waals surface area contributed by atoms with Crippen molar-refractivity contribution in [3.63, 3.8) is 0 Å². The largest absolute Gasteiger partial charge is 0.460 e. The summed E-state index contributed by atoms with van der Waals surface area (Å²) >= 11 is 0. The third-order valence-corrected chi connectivity index (χ3v) is 2.28. The topological polar surface area (TPSA) is 52.3 Å². The van der Waals surface area contributed by atoms with Crippen LogP contribution in [0.1, 0.15) is 19.4 Å². The average molecular weight is 225 g/mol. The van der Waals surface area contributed by atoms with E-state index in [1.54, 1.807) is 12.1 Å². The Balaban J connectivity index is 2.46. The van der Waals surface area contributed by atoms with Crippen LogP contribution in [0.3, 0.4) is 0 Å². The molecule has 1 aromatic rings. The molecule has 4 heteroatoms. The van der Waals surface area contributed by atoms with Crippen molar-refractivity contribution in [2.24, 2.45) is 11.7 Å². The second-order valence-corrected chi connectivity index (χ2v) is 4.00. The fraction of sp³-hybridized carbons (Fsp3) is 0.417. The number of carbonyl (C=O) groups excluding carboxylic acids is 1. The smallest absolute Gasteiger partial charge is 0.323 e. The van der Waals surface area contributed by atoms with Crippen molar-refractivity contribution in [3.8, 4) is 0 Å². The summed E-state index contributed by atoms with van der Waals surface area (Å²) < 4.78 is 17.6. The van der Waals surface area contributed by atoms with Gasteiger partial charge in [-0.25, -0.2) is 4.39 Å². The van der Waals surface area contributed by atoms with Crippen LogP contribution in [0.5, 0.6) is 0 Å². The van der Waals surface area contributed by atoms with Crippen LogP contribution in [0.25, 0.3) is 0 Å². The van der Waals surface area contributed by atoms with Crippen LogP contribution in [0, 0.1) is 11.7 Å². The summed E-state index contributed by atoms with van der Waals surface area (Å²) in [7, 11) is 0. The Labute approximate surface area is 94.4 Å². The number of esters is 1. The highest BCUT2D eigenvalue weighted by Crippen LogP contribution is 2.06. The van der Waals surface area contributed by atoms with Crippen LogP contribution in [0.4, 0.5) is 4.39 Å². The lowest BCUT2D eigenvalue weighted by Crippen LogP contribution is -2.36. The van der Waals surface area contributed by atoms with Gasteiger partial charge in [-0.1, -0.05) is 26.0 Å². The standard InChI is InChI=1S/C12H16FNO2/c1-8(2)11(14)12(15)16-7-9-3-5-10(13)6-4-9/h3-6,8,11H,7,14H2,1-2H3. The van der Waals surface area contributed by atoms with Crippen LogP contribution in [0.2, 0.25) is 0 Å². The second kappa shape index (κ2) is 5.61. The normalized spacial score (nSPS) is 12.6. The van der Waals surface area contributed by atoms with E-state index in [1.165, 1.54) is 12.1 Å². The first-order valence-corrected chi connectivity index (χ1v) is 5.17. The van der Waals surface area contributed by atoms with E-state index in [2.05, 4.69) is 0 Å². The highest BCUT2D eigenvalue weighted by Gasteiger charge is 2.18. The molecule has 0 radical (unpaired) electrons. The first kappa shape index (κ1) is 12.6. The summed E-state index contributed by atoms with van der Waals surface area (Å²) in [5.41, 5.74) is 6.36. The molecule has 0 saturated carbocycles. The fourth-order valence-electron chi connectivity index (χ4n) is 1.10. The van der Waals surface area contributed by atoms with Crippen molar-refractivity contribution in [2.45, 2.75) is 26.5 Å². The lowest BCUT2D eigenvalue weighted by molar-refractivity contribution is -0.147. The number of hydrogen-bond acceptors (Lipinski definition) is 3. The van der Waals surface area contributed by atoms with Crippen molar-refractivity contribution >= 4 is 5.97 Å². The number of nitrogens with two attached hydrogens (primary N) is 1. The molecular formula is C12H16FNO2. The van der Waals surface area contributed by atoms with Crippen LogP contribution in [-0.2, 0) is 16.1 Å². The summed E-state index contributed by atoms with van der Waals surface area (Å²) in [6.07, 6.45) is 0. The third-order valence-electron chi connectivity index (χ3n) is 2.28. The van der Waals surface area contributed by atoms with E-state index >= 15 is 0 Å². The van der Waals surface area contributed by atoms with E-state index in [4.69, 9.17) is 10.5 Å². The number of rotatable bonds is 4. The first-order chi connectivity index (χ1) is 7.50. The first-order valence-electron chi connectivity index (χ1n) is 5.17. The molecule has 2 N–H and O–H groups in total. The Morgan fingerprint density at radius 2 is 1.94 bits per heavy atom. The molecule has 1 rings (SSSR count). The van der Waals surface area contributed by atoms with E-state index < -0.39 is 12.0 Å². The minimum absolute atomic E-state index is 0.0423. The van der Waals surface area contributed by atoms with Gasteiger partial charge >= 0.3 is 5.97 Å². The number of halogens is 1. The Kier molecular flexibility index (Phi) is 4.43. The van der Waals surface area contributed by atoms with E-state index in [9.17, 15) is 9.18 Å². The molecule has 0 saturated heterocycles. The number of carbonyl (C=O) groups is 1. The highest BCUT2D eigenvalue weighted by molar-refractivity contribution is 5.75. The molecule has 0 aromatic heterocycles. The number of benzene rings is 1. The van der Waals surface area contributed by atoms with Gasteiger partial charge in [-0.3, -0.25) is 4.79 Å². The van der Waals surface area contributed by atoms with Gasteiger partial charge in [0.25, 0.3) is 0 Å². The van der Waals surface area contributed by atoms with E-state index in [-0.39, 0.29) is 18.3 Å². The SMILES string of the molecule is CC(C)C(N)C(=O)OCc1ccc(F)cc1. The lowest BCUT2D eigenvalue weighted by atomic mass is 10.1. The van der Waals surface area contributed by atoms with Gasteiger partial charge in [-0.15, -0.1) is 0 Å². The van der Waals surface area contributed by atoms with Crippen molar-refractivity contribution in [1.82, 2.24) is 0 Å². The molecule has 0 heterocycles. The van der Waals surface area contributed by atoms with Gasteiger partial charge < -0.3 is 10.5 Å². The number of hydrogen-bond donors (Lipinski definition) is 1.